The molecular formula is C12H12BrFN2O. The highest BCUT2D eigenvalue weighted by Gasteiger charge is 2.04. The van der Waals surface area contributed by atoms with Crippen molar-refractivity contribution in [3.05, 3.63) is 46.7 Å². The molecule has 2 rings (SSSR count). The van der Waals surface area contributed by atoms with E-state index in [4.69, 9.17) is 4.74 Å². The fraction of sp³-hybridized carbons (Fsp3) is 0.250. The number of aromatic nitrogens is 2. The van der Waals surface area contributed by atoms with Crippen molar-refractivity contribution >= 4 is 15.9 Å². The predicted molar refractivity (Wildman–Crippen MR) is 66.3 cm³/mol. The molecule has 90 valence electrons. The van der Waals surface area contributed by atoms with Crippen LogP contribution in [0.25, 0.3) is 0 Å². The van der Waals surface area contributed by atoms with E-state index in [9.17, 15) is 4.39 Å². The first-order valence-electron chi connectivity index (χ1n) is 5.29. The summed E-state index contributed by atoms with van der Waals surface area (Å²) in [7, 11) is 0. The number of aryl methyl sites for hydroxylation is 1. The average Bonchev–Trinajstić information content (AvgIpc) is 2.67. The van der Waals surface area contributed by atoms with Gasteiger partial charge in [-0.25, -0.2) is 9.37 Å². The second-order valence-electron chi connectivity index (χ2n) is 3.53. The van der Waals surface area contributed by atoms with Crippen molar-refractivity contribution in [1.29, 1.82) is 0 Å². The Labute approximate surface area is 107 Å². The van der Waals surface area contributed by atoms with Crippen LogP contribution in [0.1, 0.15) is 12.6 Å². The Morgan fingerprint density at radius 3 is 2.94 bits per heavy atom. The number of hydrogen-bond donors (Lipinski definition) is 0. The normalized spacial score (nSPS) is 10.5. The molecule has 0 aliphatic heterocycles. The minimum Gasteiger partial charge on any atom is -0.487 e. The monoisotopic (exact) mass is 298 g/mol. The molecule has 2 aromatic rings. The summed E-state index contributed by atoms with van der Waals surface area (Å²) in [6.07, 6.45) is 1.91. The van der Waals surface area contributed by atoms with E-state index < -0.39 is 0 Å². The van der Waals surface area contributed by atoms with Crippen LogP contribution in [0.15, 0.2) is 35.2 Å². The molecule has 1 heterocycles. The first kappa shape index (κ1) is 12.1. The minimum atomic E-state index is -0.303. The van der Waals surface area contributed by atoms with Crippen LogP contribution >= 0.6 is 15.9 Å². The smallest absolute Gasteiger partial charge is 0.177 e. The van der Waals surface area contributed by atoms with Gasteiger partial charge in [-0.05, 0) is 35.0 Å². The van der Waals surface area contributed by atoms with E-state index in [0.717, 1.165) is 17.0 Å². The Balaban J connectivity index is 2.02. The number of halogens is 2. The zero-order valence-corrected chi connectivity index (χ0v) is 10.9. The van der Waals surface area contributed by atoms with Crippen molar-refractivity contribution in [3.63, 3.8) is 0 Å². The molecule has 0 aliphatic rings. The Bertz CT molecular complexity index is 513. The molecule has 0 fully saturated rings. The molecule has 1 aromatic heterocycles. The molecule has 0 spiro atoms. The number of benzene rings is 1. The van der Waals surface area contributed by atoms with Crippen LogP contribution in [-0.2, 0) is 13.2 Å². The molecule has 5 heteroatoms. The first-order chi connectivity index (χ1) is 8.19. The largest absolute Gasteiger partial charge is 0.487 e. The van der Waals surface area contributed by atoms with Gasteiger partial charge in [-0.3, -0.25) is 0 Å². The van der Waals surface area contributed by atoms with E-state index >= 15 is 0 Å². The molecule has 0 N–H and O–H groups in total. The maximum atomic E-state index is 12.9. The van der Waals surface area contributed by atoms with Crippen LogP contribution in [-0.4, -0.2) is 9.55 Å². The average molecular weight is 299 g/mol. The highest BCUT2D eigenvalue weighted by Crippen LogP contribution is 2.15. The lowest BCUT2D eigenvalue weighted by Crippen LogP contribution is -1.96. The SMILES string of the molecule is CCn1cc(COc2cccc(F)c2)nc1Br. The maximum absolute atomic E-state index is 12.9. The molecule has 17 heavy (non-hydrogen) atoms. The summed E-state index contributed by atoms with van der Waals surface area (Å²) in [4.78, 5) is 4.28. The highest BCUT2D eigenvalue weighted by atomic mass is 79.9. The van der Waals surface area contributed by atoms with Gasteiger partial charge in [0.15, 0.2) is 4.73 Å². The molecule has 0 amide bonds. The van der Waals surface area contributed by atoms with Crippen molar-refractivity contribution in [2.24, 2.45) is 0 Å². The third-order valence-corrected chi connectivity index (χ3v) is 2.93. The van der Waals surface area contributed by atoms with Gasteiger partial charge in [0.2, 0.25) is 0 Å². The molecule has 0 unspecified atom stereocenters. The number of imidazole rings is 1. The van der Waals surface area contributed by atoms with E-state index in [2.05, 4.69) is 20.9 Å². The van der Waals surface area contributed by atoms with Crippen LogP contribution in [0.4, 0.5) is 4.39 Å². The molecule has 3 nitrogen and oxygen atoms in total. The van der Waals surface area contributed by atoms with Gasteiger partial charge in [-0.1, -0.05) is 6.07 Å². The summed E-state index contributed by atoms with van der Waals surface area (Å²) >= 11 is 3.35. The zero-order valence-electron chi connectivity index (χ0n) is 9.36. The van der Waals surface area contributed by atoms with E-state index in [1.54, 1.807) is 12.1 Å². The first-order valence-corrected chi connectivity index (χ1v) is 6.08. The molecule has 0 bridgehead atoms. The van der Waals surface area contributed by atoms with Crippen LogP contribution < -0.4 is 4.74 Å². The van der Waals surface area contributed by atoms with E-state index in [-0.39, 0.29) is 5.82 Å². The van der Waals surface area contributed by atoms with Crippen molar-refractivity contribution < 1.29 is 9.13 Å². The van der Waals surface area contributed by atoms with E-state index in [0.29, 0.717) is 12.4 Å². The number of nitrogens with zero attached hydrogens (tertiary/aromatic N) is 2. The topological polar surface area (TPSA) is 27.1 Å². The van der Waals surface area contributed by atoms with Gasteiger partial charge in [0, 0.05) is 18.8 Å². The van der Waals surface area contributed by atoms with Gasteiger partial charge in [0.1, 0.15) is 18.2 Å². The molecule has 1 aromatic carbocycles. The van der Waals surface area contributed by atoms with E-state index in [1.165, 1.54) is 12.1 Å². The summed E-state index contributed by atoms with van der Waals surface area (Å²) in [6.45, 7) is 3.20. The predicted octanol–water partition coefficient (Wildman–Crippen LogP) is 3.38. The molecule has 0 saturated carbocycles. The molecular weight excluding hydrogens is 287 g/mol. The van der Waals surface area contributed by atoms with Crippen molar-refractivity contribution in [2.75, 3.05) is 0 Å². The number of hydrogen-bond acceptors (Lipinski definition) is 2. The lowest BCUT2D eigenvalue weighted by atomic mass is 10.3. The third-order valence-electron chi connectivity index (χ3n) is 2.30. The summed E-state index contributed by atoms with van der Waals surface area (Å²) in [5.41, 5.74) is 0.808. The summed E-state index contributed by atoms with van der Waals surface area (Å²) in [5, 5.41) is 0. The van der Waals surface area contributed by atoms with Crippen molar-refractivity contribution in [3.8, 4) is 5.75 Å². The van der Waals surface area contributed by atoms with E-state index in [1.807, 2.05) is 17.7 Å². The van der Waals surface area contributed by atoms with Crippen LogP contribution in [0.3, 0.4) is 0 Å². The summed E-state index contributed by atoms with van der Waals surface area (Å²) in [5.74, 6) is 0.204. The Hall–Kier alpha value is -1.36. The Morgan fingerprint density at radius 2 is 2.29 bits per heavy atom. The van der Waals surface area contributed by atoms with Gasteiger partial charge in [0.05, 0.1) is 5.69 Å². The van der Waals surface area contributed by atoms with Crippen LogP contribution in [0.2, 0.25) is 0 Å². The fourth-order valence-electron chi connectivity index (χ4n) is 1.45. The van der Waals surface area contributed by atoms with Gasteiger partial charge in [0.25, 0.3) is 0 Å². The second kappa shape index (κ2) is 5.31. The minimum absolute atomic E-state index is 0.303. The van der Waals surface area contributed by atoms with Gasteiger partial charge in [-0.15, -0.1) is 0 Å². The van der Waals surface area contributed by atoms with Gasteiger partial charge >= 0.3 is 0 Å². The number of ether oxygens (including phenoxy) is 1. The maximum Gasteiger partial charge on any atom is 0.177 e. The van der Waals surface area contributed by atoms with Crippen molar-refractivity contribution in [1.82, 2.24) is 9.55 Å². The molecule has 0 radical (unpaired) electrons. The lowest BCUT2D eigenvalue weighted by molar-refractivity contribution is 0.300. The Morgan fingerprint density at radius 1 is 1.47 bits per heavy atom. The second-order valence-corrected chi connectivity index (χ2v) is 4.24. The van der Waals surface area contributed by atoms with Crippen molar-refractivity contribution in [2.45, 2.75) is 20.1 Å². The van der Waals surface area contributed by atoms with Gasteiger partial charge in [-0.2, -0.15) is 0 Å². The summed E-state index contributed by atoms with van der Waals surface area (Å²) in [6, 6.07) is 6.07. The Kier molecular flexibility index (Phi) is 3.78. The summed E-state index contributed by atoms with van der Waals surface area (Å²) < 4.78 is 21.1. The highest BCUT2D eigenvalue weighted by molar-refractivity contribution is 9.10. The third kappa shape index (κ3) is 3.06. The standard InChI is InChI=1S/C12H12BrFN2O/c1-2-16-7-10(15-12(16)13)8-17-11-5-3-4-9(14)6-11/h3-7H,2,8H2,1H3. The number of rotatable bonds is 4. The zero-order chi connectivity index (χ0) is 12.3. The van der Waals surface area contributed by atoms with Crippen LogP contribution in [0.5, 0.6) is 5.75 Å². The molecule has 0 saturated heterocycles. The lowest BCUT2D eigenvalue weighted by Gasteiger charge is -2.03. The molecule has 0 atom stereocenters. The fourth-order valence-corrected chi connectivity index (χ4v) is 2.03. The quantitative estimate of drug-likeness (QED) is 0.865. The van der Waals surface area contributed by atoms with Crippen LogP contribution in [0, 0.1) is 5.82 Å². The molecule has 0 aliphatic carbocycles. The van der Waals surface area contributed by atoms with Gasteiger partial charge < -0.3 is 9.30 Å².